The van der Waals surface area contributed by atoms with Gasteiger partial charge in [0.15, 0.2) is 0 Å². The van der Waals surface area contributed by atoms with Gasteiger partial charge in [-0.2, -0.15) is 15.8 Å². The minimum Gasteiger partial charge on any atom is -0.361 e. The topological polar surface area (TPSA) is 97.4 Å². The van der Waals surface area contributed by atoms with Crippen LogP contribution >= 0.6 is 0 Å². The van der Waals surface area contributed by atoms with E-state index in [1.807, 2.05) is 12.1 Å². The average molecular weight is 242 g/mol. The molecule has 0 spiro atoms. The first-order valence-corrected chi connectivity index (χ1v) is 5.70. The van der Waals surface area contributed by atoms with Gasteiger partial charge in [0.25, 0.3) is 0 Å². The molecule has 5 heteroatoms. The van der Waals surface area contributed by atoms with Gasteiger partial charge < -0.3 is 4.52 Å². The van der Waals surface area contributed by atoms with Crippen LogP contribution in [0.15, 0.2) is 4.52 Å². The molecule has 5 nitrogen and oxygen atoms in total. The van der Waals surface area contributed by atoms with Crippen LogP contribution in [0.25, 0.3) is 0 Å². The largest absolute Gasteiger partial charge is 0.361 e. The maximum absolute atomic E-state index is 9.51. The Kier molecular flexibility index (Phi) is 4.46. The van der Waals surface area contributed by atoms with Crippen LogP contribution in [0.3, 0.4) is 0 Å². The predicted molar refractivity (Wildman–Crippen MR) is 63.0 cm³/mol. The van der Waals surface area contributed by atoms with Gasteiger partial charge in [0.2, 0.25) is 0 Å². The highest BCUT2D eigenvalue weighted by Gasteiger charge is 2.37. The first-order chi connectivity index (χ1) is 8.61. The van der Waals surface area contributed by atoms with Crippen molar-refractivity contribution < 1.29 is 4.52 Å². The van der Waals surface area contributed by atoms with E-state index in [1.54, 1.807) is 13.8 Å². The number of hydrogen-bond donors (Lipinski definition) is 0. The molecule has 0 saturated heterocycles. The Hall–Kier alpha value is -2.32. The van der Waals surface area contributed by atoms with E-state index in [-0.39, 0.29) is 12.8 Å². The number of hydrogen-bond acceptors (Lipinski definition) is 5. The van der Waals surface area contributed by atoms with Crippen molar-refractivity contribution in [2.75, 3.05) is 0 Å². The van der Waals surface area contributed by atoms with E-state index in [0.29, 0.717) is 24.3 Å². The molecule has 0 aliphatic rings. The maximum atomic E-state index is 9.51. The zero-order chi connectivity index (χ0) is 13.6. The monoisotopic (exact) mass is 242 g/mol. The third-order valence-electron chi connectivity index (χ3n) is 3.05. The quantitative estimate of drug-likeness (QED) is 0.790. The van der Waals surface area contributed by atoms with Gasteiger partial charge in [0, 0.05) is 18.4 Å². The molecule has 0 amide bonds. The fourth-order valence-corrected chi connectivity index (χ4v) is 2.25. The van der Waals surface area contributed by atoms with Crippen molar-refractivity contribution in [3.8, 4) is 18.2 Å². The average Bonchev–Trinajstić information content (AvgIpc) is 2.71. The molecule has 0 bridgehead atoms. The molecule has 1 heterocycles. The summed E-state index contributed by atoms with van der Waals surface area (Å²) in [5.41, 5.74) is 0.542. The summed E-state index contributed by atoms with van der Waals surface area (Å²) in [5, 5.41) is 30.8. The van der Waals surface area contributed by atoms with Crippen LogP contribution in [0, 0.1) is 47.8 Å². The normalized spacial score (nSPS) is 10.4. The first kappa shape index (κ1) is 13.7. The van der Waals surface area contributed by atoms with Crippen molar-refractivity contribution in [3.05, 3.63) is 17.0 Å². The van der Waals surface area contributed by atoms with Crippen LogP contribution in [0.1, 0.15) is 42.7 Å². The number of aromatic nitrogens is 1. The minimum atomic E-state index is -0.848. The first-order valence-electron chi connectivity index (χ1n) is 5.70. The van der Waals surface area contributed by atoms with Crippen LogP contribution < -0.4 is 0 Å². The summed E-state index contributed by atoms with van der Waals surface area (Å²) in [5.74, 6) is 0.588. The minimum absolute atomic E-state index is 0.267. The van der Waals surface area contributed by atoms with E-state index < -0.39 is 5.41 Å². The van der Waals surface area contributed by atoms with Crippen LogP contribution in [-0.2, 0) is 5.41 Å². The fraction of sp³-hybridized carbons (Fsp3) is 0.538. The van der Waals surface area contributed by atoms with Crippen molar-refractivity contribution in [3.63, 3.8) is 0 Å². The van der Waals surface area contributed by atoms with Gasteiger partial charge in [0.05, 0.1) is 29.3 Å². The second-order valence-electron chi connectivity index (χ2n) is 4.21. The number of nitrogens with zero attached hydrogens (tertiary/aromatic N) is 4. The zero-order valence-corrected chi connectivity index (χ0v) is 10.5. The Morgan fingerprint density at radius 3 is 2.00 bits per heavy atom. The number of rotatable bonds is 5. The summed E-state index contributed by atoms with van der Waals surface area (Å²) in [7, 11) is 0. The van der Waals surface area contributed by atoms with E-state index in [9.17, 15) is 5.26 Å². The standard InChI is InChI=1S/C13H14N4O/c1-10-12(11(2)18-17-10)13(9-16,5-3-7-14)6-4-8-15/h3-6H2,1-2H3. The molecular formula is C13H14N4O. The summed E-state index contributed by atoms with van der Waals surface area (Å²) in [4.78, 5) is 0. The molecule has 0 aliphatic heterocycles. The summed E-state index contributed by atoms with van der Waals surface area (Å²) < 4.78 is 5.10. The zero-order valence-electron chi connectivity index (χ0n) is 10.5. The SMILES string of the molecule is Cc1noc(C)c1C(C#N)(CCC#N)CCC#N. The molecule has 0 atom stereocenters. The van der Waals surface area contributed by atoms with E-state index in [1.165, 1.54) is 0 Å². The van der Waals surface area contributed by atoms with E-state index in [4.69, 9.17) is 15.0 Å². The van der Waals surface area contributed by atoms with Gasteiger partial charge in [-0.05, 0) is 26.7 Å². The summed E-state index contributed by atoms with van der Waals surface area (Å²) >= 11 is 0. The highest BCUT2D eigenvalue weighted by molar-refractivity contribution is 5.37. The van der Waals surface area contributed by atoms with Crippen molar-refractivity contribution in [1.29, 1.82) is 15.8 Å². The molecule has 0 radical (unpaired) electrons. The van der Waals surface area contributed by atoms with Crippen LogP contribution in [-0.4, -0.2) is 5.16 Å². The Morgan fingerprint density at radius 2 is 1.67 bits per heavy atom. The molecule has 1 rings (SSSR count). The van der Waals surface area contributed by atoms with Crippen molar-refractivity contribution >= 4 is 0 Å². The second-order valence-corrected chi connectivity index (χ2v) is 4.21. The van der Waals surface area contributed by atoms with Crippen LogP contribution in [0.2, 0.25) is 0 Å². The Labute approximate surface area is 106 Å². The van der Waals surface area contributed by atoms with Gasteiger partial charge in [0.1, 0.15) is 5.76 Å². The summed E-state index contributed by atoms with van der Waals surface area (Å²) in [6.07, 6.45) is 1.32. The Morgan fingerprint density at radius 1 is 1.11 bits per heavy atom. The van der Waals surface area contributed by atoms with Crippen molar-refractivity contribution in [2.24, 2.45) is 0 Å². The highest BCUT2D eigenvalue weighted by Crippen LogP contribution is 2.37. The molecule has 0 unspecified atom stereocenters. The molecule has 0 fully saturated rings. The molecule has 0 N–H and O–H groups in total. The summed E-state index contributed by atoms with van der Waals surface area (Å²) in [6.45, 7) is 3.52. The molecule has 1 aromatic rings. The fourth-order valence-electron chi connectivity index (χ4n) is 2.25. The van der Waals surface area contributed by atoms with Crippen LogP contribution in [0.4, 0.5) is 0 Å². The van der Waals surface area contributed by atoms with Crippen LogP contribution in [0.5, 0.6) is 0 Å². The molecule has 0 saturated carbocycles. The predicted octanol–water partition coefficient (Wildman–Crippen LogP) is 2.66. The van der Waals surface area contributed by atoms with Gasteiger partial charge in [-0.15, -0.1) is 0 Å². The highest BCUT2D eigenvalue weighted by atomic mass is 16.5. The number of aryl methyl sites for hydroxylation is 2. The Balaban J connectivity index is 3.23. The lowest BCUT2D eigenvalue weighted by Gasteiger charge is -2.24. The smallest absolute Gasteiger partial charge is 0.138 e. The molecule has 0 aliphatic carbocycles. The Bertz CT molecular complexity index is 501. The van der Waals surface area contributed by atoms with Crippen molar-refractivity contribution in [1.82, 2.24) is 5.16 Å². The van der Waals surface area contributed by atoms with Gasteiger partial charge in [-0.1, -0.05) is 5.16 Å². The van der Waals surface area contributed by atoms with Gasteiger partial charge in [-0.25, -0.2) is 0 Å². The molecule has 18 heavy (non-hydrogen) atoms. The summed E-state index contributed by atoms with van der Waals surface area (Å²) in [6, 6.07) is 6.37. The van der Waals surface area contributed by atoms with E-state index in [2.05, 4.69) is 11.2 Å². The third-order valence-corrected chi connectivity index (χ3v) is 3.05. The lowest BCUT2D eigenvalue weighted by Crippen LogP contribution is -2.25. The van der Waals surface area contributed by atoms with Gasteiger partial charge in [-0.3, -0.25) is 0 Å². The van der Waals surface area contributed by atoms with Crippen molar-refractivity contribution in [2.45, 2.75) is 44.9 Å². The molecule has 0 aromatic carbocycles. The van der Waals surface area contributed by atoms with E-state index in [0.717, 1.165) is 5.56 Å². The lowest BCUT2D eigenvalue weighted by atomic mass is 9.74. The van der Waals surface area contributed by atoms with Gasteiger partial charge >= 0.3 is 0 Å². The second kappa shape index (κ2) is 5.84. The lowest BCUT2D eigenvalue weighted by molar-refractivity contribution is 0.386. The maximum Gasteiger partial charge on any atom is 0.138 e. The van der Waals surface area contributed by atoms with E-state index >= 15 is 0 Å². The molecule has 92 valence electrons. The molecular weight excluding hydrogens is 228 g/mol. The third kappa shape index (κ3) is 2.50. The number of nitriles is 3. The molecule has 1 aromatic heterocycles.